The van der Waals surface area contributed by atoms with Crippen molar-refractivity contribution in [2.75, 3.05) is 12.4 Å². The summed E-state index contributed by atoms with van der Waals surface area (Å²) >= 11 is 0. The average molecular weight is 389 g/mol. The fourth-order valence-corrected chi connectivity index (χ4v) is 3.12. The van der Waals surface area contributed by atoms with E-state index in [4.69, 9.17) is 4.74 Å². The van der Waals surface area contributed by atoms with Gasteiger partial charge in [0, 0.05) is 23.6 Å². The Bertz CT molecular complexity index is 1220. The number of fused-ring (bicyclic) bond motifs is 1. The highest BCUT2D eigenvalue weighted by molar-refractivity contribution is 5.65. The van der Waals surface area contributed by atoms with E-state index >= 15 is 0 Å². The monoisotopic (exact) mass is 389 g/mol. The molecule has 0 saturated heterocycles. The average Bonchev–Trinajstić information content (AvgIpc) is 3.32. The van der Waals surface area contributed by atoms with Gasteiger partial charge in [-0.15, -0.1) is 5.10 Å². The lowest BCUT2D eigenvalue weighted by Crippen LogP contribution is -2.01. The molecule has 1 aromatic carbocycles. The van der Waals surface area contributed by atoms with Gasteiger partial charge in [-0.2, -0.15) is 9.50 Å². The van der Waals surface area contributed by atoms with Crippen molar-refractivity contribution in [3.8, 4) is 11.4 Å². The third-order valence-corrected chi connectivity index (χ3v) is 4.70. The van der Waals surface area contributed by atoms with Gasteiger partial charge in [0.2, 0.25) is 5.95 Å². The number of methoxy groups -OCH3 is 1. The Labute approximate surface area is 168 Å². The Kier molecular flexibility index (Phi) is 4.75. The van der Waals surface area contributed by atoms with Crippen molar-refractivity contribution >= 4 is 23.0 Å². The molecular formula is C21H23N7O. The second-order valence-corrected chi connectivity index (χ2v) is 6.84. The van der Waals surface area contributed by atoms with E-state index in [9.17, 15) is 0 Å². The highest BCUT2D eigenvalue weighted by atomic mass is 16.5. The largest absolute Gasteiger partial charge is 0.494 e. The van der Waals surface area contributed by atoms with E-state index in [0.717, 1.165) is 39.8 Å². The van der Waals surface area contributed by atoms with Gasteiger partial charge in [-0.3, -0.25) is 0 Å². The van der Waals surface area contributed by atoms with Crippen LogP contribution in [0.2, 0.25) is 0 Å². The van der Waals surface area contributed by atoms with Crippen molar-refractivity contribution in [2.45, 2.75) is 27.7 Å². The molecule has 0 saturated carbocycles. The van der Waals surface area contributed by atoms with Gasteiger partial charge in [0.15, 0.2) is 0 Å². The van der Waals surface area contributed by atoms with E-state index in [2.05, 4.69) is 25.4 Å². The number of hydrogen-bond acceptors (Lipinski definition) is 6. The maximum atomic E-state index is 5.57. The predicted molar refractivity (Wildman–Crippen MR) is 113 cm³/mol. The number of aryl methyl sites for hydroxylation is 2. The lowest BCUT2D eigenvalue weighted by atomic mass is 10.2. The molecule has 0 aliphatic heterocycles. The third kappa shape index (κ3) is 3.56. The van der Waals surface area contributed by atoms with Crippen LogP contribution < -0.4 is 10.1 Å². The Morgan fingerprint density at radius 3 is 2.66 bits per heavy atom. The summed E-state index contributed by atoms with van der Waals surface area (Å²) < 4.78 is 9.26. The number of aromatic nitrogens is 6. The summed E-state index contributed by atoms with van der Waals surface area (Å²) in [4.78, 5) is 13.3. The molecule has 4 aromatic rings. The minimum Gasteiger partial charge on any atom is -0.494 e. The van der Waals surface area contributed by atoms with E-state index in [1.54, 1.807) is 18.0 Å². The van der Waals surface area contributed by atoms with Crippen molar-refractivity contribution in [1.82, 2.24) is 29.1 Å². The summed E-state index contributed by atoms with van der Waals surface area (Å²) in [6, 6.07) is 7.84. The molecule has 0 bridgehead atoms. The summed E-state index contributed by atoms with van der Waals surface area (Å²) in [5.74, 6) is 1.75. The number of benzene rings is 1. The highest BCUT2D eigenvalue weighted by Gasteiger charge is 2.13. The van der Waals surface area contributed by atoms with E-state index in [-0.39, 0.29) is 0 Å². The van der Waals surface area contributed by atoms with E-state index in [1.165, 1.54) is 0 Å². The molecule has 3 heterocycles. The highest BCUT2D eigenvalue weighted by Crippen LogP contribution is 2.28. The first-order valence-electron chi connectivity index (χ1n) is 9.32. The first-order chi connectivity index (χ1) is 14.0. The van der Waals surface area contributed by atoms with E-state index in [0.29, 0.717) is 11.7 Å². The Morgan fingerprint density at radius 1 is 1.14 bits per heavy atom. The number of allylic oxidation sites excluding steroid dienone is 2. The second-order valence-electron chi connectivity index (χ2n) is 6.84. The van der Waals surface area contributed by atoms with Crippen LogP contribution in [-0.4, -0.2) is 36.2 Å². The van der Waals surface area contributed by atoms with Crippen LogP contribution in [0.4, 0.5) is 11.6 Å². The van der Waals surface area contributed by atoms with Crippen LogP contribution in [0.3, 0.4) is 0 Å². The minimum atomic E-state index is 0.474. The fraction of sp³-hybridized carbons (Fsp3) is 0.238. The Morgan fingerprint density at radius 2 is 1.97 bits per heavy atom. The first kappa shape index (κ1) is 18.7. The van der Waals surface area contributed by atoms with Crippen LogP contribution >= 0.6 is 0 Å². The maximum absolute atomic E-state index is 5.57. The standard InChI is InChI=1S/C21H23N7O/c1-6-13(2)18-9-14(3)23-21-25-20(26-28(18)21)24-16-7-8-17(19(10-16)29-5)27-11-15(4)22-12-27/h6-12H,1-5H3,(H,24,26). The van der Waals surface area contributed by atoms with Crippen LogP contribution in [0.25, 0.3) is 17.0 Å². The molecular weight excluding hydrogens is 366 g/mol. The van der Waals surface area contributed by atoms with Gasteiger partial charge < -0.3 is 14.6 Å². The number of hydrogen-bond donors (Lipinski definition) is 1. The SMILES string of the molecule is CC=C(C)c1cc(C)nc2nc(Nc3ccc(-n4cnc(C)c4)c(OC)c3)nn12. The molecule has 0 spiro atoms. The van der Waals surface area contributed by atoms with Crippen LogP contribution in [0.15, 0.2) is 42.9 Å². The molecule has 0 fully saturated rings. The number of rotatable bonds is 5. The molecule has 0 unspecified atom stereocenters. The maximum Gasteiger partial charge on any atom is 0.254 e. The smallest absolute Gasteiger partial charge is 0.254 e. The zero-order valence-electron chi connectivity index (χ0n) is 17.1. The molecule has 0 radical (unpaired) electrons. The summed E-state index contributed by atoms with van der Waals surface area (Å²) in [6.07, 6.45) is 5.77. The van der Waals surface area contributed by atoms with Gasteiger partial charge >= 0.3 is 0 Å². The molecule has 0 amide bonds. The quantitative estimate of drug-likeness (QED) is 0.553. The van der Waals surface area contributed by atoms with Gasteiger partial charge in [0.25, 0.3) is 5.78 Å². The molecule has 4 rings (SSSR count). The van der Waals surface area contributed by atoms with E-state index in [1.807, 2.05) is 68.8 Å². The third-order valence-electron chi connectivity index (χ3n) is 4.70. The van der Waals surface area contributed by atoms with Crippen molar-refractivity contribution < 1.29 is 4.74 Å². The van der Waals surface area contributed by atoms with Crippen LogP contribution in [-0.2, 0) is 0 Å². The molecule has 1 N–H and O–H groups in total. The molecule has 3 aromatic heterocycles. The second kappa shape index (κ2) is 7.38. The van der Waals surface area contributed by atoms with Gasteiger partial charge in [0.05, 0.1) is 30.5 Å². The molecule has 8 heteroatoms. The van der Waals surface area contributed by atoms with Gasteiger partial charge in [0.1, 0.15) is 5.75 Å². The number of imidazole rings is 1. The number of nitrogens with one attached hydrogen (secondary N) is 1. The topological polar surface area (TPSA) is 82.2 Å². The molecule has 29 heavy (non-hydrogen) atoms. The Hall–Kier alpha value is -3.68. The van der Waals surface area contributed by atoms with Gasteiger partial charge in [-0.1, -0.05) is 6.08 Å². The van der Waals surface area contributed by atoms with Crippen molar-refractivity contribution in [2.24, 2.45) is 0 Å². The summed E-state index contributed by atoms with van der Waals surface area (Å²) in [7, 11) is 1.65. The molecule has 0 aliphatic carbocycles. The summed E-state index contributed by atoms with van der Waals surface area (Å²) in [5.41, 5.74) is 5.65. The first-order valence-corrected chi connectivity index (χ1v) is 9.32. The van der Waals surface area contributed by atoms with Crippen molar-refractivity contribution in [1.29, 1.82) is 0 Å². The van der Waals surface area contributed by atoms with Gasteiger partial charge in [-0.05, 0) is 51.5 Å². The Balaban J connectivity index is 1.70. The zero-order valence-corrected chi connectivity index (χ0v) is 17.1. The zero-order chi connectivity index (χ0) is 20.5. The number of anilines is 2. The van der Waals surface area contributed by atoms with Crippen molar-refractivity contribution in [3.05, 3.63) is 59.9 Å². The normalized spacial score (nSPS) is 11.8. The van der Waals surface area contributed by atoms with Crippen LogP contribution in [0, 0.1) is 13.8 Å². The molecule has 8 nitrogen and oxygen atoms in total. The van der Waals surface area contributed by atoms with Gasteiger partial charge in [-0.25, -0.2) is 9.97 Å². The summed E-state index contributed by atoms with van der Waals surface area (Å²) in [6.45, 7) is 7.95. The number of nitrogens with zero attached hydrogens (tertiary/aromatic N) is 6. The molecule has 148 valence electrons. The molecule has 0 aliphatic rings. The number of ether oxygens (including phenoxy) is 1. The van der Waals surface area contributed by atoms with Crippen LogP contribution in [0.1, 0.15) is 30.9 Å². The molecule has 0 atom stereocenters. The summed E-state index contributed by atoms with van der Waals surface area (Å²) in [5, 5.41) is 7.84. The fourth-order valence-electron chi connectivity index (χ4n) is 3.12. The van der Waals surface area contributed by atoms with Crippen LogP contribution in [0.5, 0.6) is 5.75 Å². The lowest BCUT2D eigenvalue weighted by Gasteiger charge is -2.11. The lowest BCUT2D eigenvalue weighted by molar-refractivity contribution is 0.413. The predicted octanol–water partition coefficient (Wildman–Crippen LogP) is 4.10. The minimum absolute atomic E-state index is 0.474. The van der Waals surface area contributed by atoms with E-state index < -0.39 is 0 Å². The van der Waals surface area contributed by atoms with Crippen molar-refractivity contribution in [3.63, 3.8) is 0 Å².